The van der Waals surface area contributed by atoms with Crippen molar-refractivity contribution in [1.29, 1.82) is 0 Å². The van der Waals surface area contributed by atoms with Crippen molar-refractivity contribution in [2.24, 2.45) is 11.8 Å². The third-order valence-corrected chi connectivity index (χ3v) is 6.02. The smallest absolute Gasteiger partial charge is 0.227 e. The molecule has 1 N–H and O–H groups in total. The number of Topliss-reactive ketones (excluding diaryl/α,β-unsaturated/α-hetero) is 1. The summed E-state index contributed by atoms with van der Waals surface area (Å²) in [4.78, 5) is 51.9. The summed E-state index contributed by atoms with van der Waals surface area (Å²) in [6.45, 7) is 5.42. The van der Waals surface area contributed by atoms with Gasteiger partial charge in [0.1, 0.15) is 0 Å². The summed E-state index contributed by atoms with van der Waals surface area (Å²) in [6, 6.07) is 6.95. The largest absolute Gasteiger partial charge is 0.339 e. The molecule has 1 aliphatic heterocycles. The van der Waals surface area contributed by atoms with Crippen LogP contribution in [0.15, 0.2) is 24.3 Å². The second-order valence-corrected chi connectivity index (χ2v) is 8.01. The van der Waals surface area contributed by atoms with Gasteiger partial charge in [0.15, 0.2) is 5.78 Å². The molecule has 1 aromatic rings. The molecule has 0 spiro atoms. The molecule has 7 nitrogen and oxygen atoms in total. The average molecular weight is 399 g/mol. The number of rotatable bonds is 4. The van der Waals surface area contributed by atoms with Gasteiger partial charge in [0.25, 0.3) is 0 Å². The monoisotopic (exact) mass is 399 g/mol. The van der Waals surface area contributed by atoms with Crippen LogP contribution in [0.2, 0.25) is 0 Å². The lowest BCUT2D eigenvalue weighted by atomic mass is 9.80. The molecule has 3 amide bonds. The van der Waals surface area contributed by atoms with Crippen molar-refractivity contribution in [3.8, 4) is 0 Å². The van der Waals surface area contributed by atoms with Gasteiger partial charge in [0.05, 0.1) is 0 Å². The fourth-order valence-electron chi connectivity index (χ4n) is 4.16. The molecule has 2 fully saturated rings. The highest BCUT2D eigenvalue weighted by Gasteiger charge is 2.33. The SMILES string of the molecule is CC(=O)c1cccc(NC(=O)C2CCC(C(=O)N3CCN(C(C)=O)CC3)CC2)c1. The molecule has 0 radical (unpaired) electrons. The highest BCUT2D eigenvalue weighted by molar-refractivity contribution is 5.97. The van der Waals surface area contributed by atoms with Gasteiger partial charge in [0, 0.05) is 56.2 Å². The maximum absolute atomic E-state index is 12.8. The fraction of sp³-hybridized carbons (Fsp3) is 0.545. The van der Waals surface area contributed by atoms with Crippen LogP contribution in [0.5, 0.6) is 0 Å². The summed E-state index contributed by atoms with van der Waals surface area (Å²) in [5.74, 6) is -0.0341. The van der Waals surface area contributed by atoms with Crippen LogP contribution in [0.4, 0.5) is 5.69 Å². The third kappa shape index (κ3) is 5.22. The van der Waals surface area contributed by atoms with E-state index < -0.39 is 0 Å². The van der Waals surface area contributed by atoms with E-state index in [0.29, 0.717) is 63.1 Å². The van der Waals surface area contributed by atoms with E-state index in [1.165, 1.54) is 6.92 Å². The van der Waals surface area contributed by atoms with Gasteiger partial charge in [-0.2, -0.15) is 0 Å². The predicted molar refractivity (Wildman–Crippen MR) is 109 cm³/mol. The zero-order valence-electron chi connectivity index (χ0n) is 17.1. The zero-order chi connectivity index (χ0) is 21.0. The number of carbonyl (C=O) groups is 4. The van der Waals surface area contributed by atoms with Gasteiger partial charge in [-0.3, -0.25) is 19.2 Å². The van der Waals surface area contributed by atoms with Crippen molar-refractivity contribution in [3.05, 3.63) is 29.8 Å². The van der Waals surface area contributed by atoms with E-state index in [1.54, 1.807) is 36.1 Å². The fourth-order valence-corrected chi connectivity index (χ4v) is 4.16. The summed E-state index contributed by atoms with van der Waals surface area (Å²) < 4.78 is 0. The van der Waals surface area contributed by atoms with Crippen LogP contribution in [0, 0.1) is 11.8 Å². The van der Waals surface area contributed by atoms with Crippen molar-refractivity contribution in [2.45, 2.75) is 39.5 Å². The normalized spacial score (nSPS) is 22.1. The third-order valence-electron chi connectivity index (χ3n) is 6.02. The lowest BCUT2D eigenvalue weighted by Gasteiger charge is -2.37. The van der Waals surface area contributed by atoms with Gasteiger partial charge in [0.2, 0.25) is 17.7 Å². The van der Waals surface area contributed by atoms with E-state index in [2.05, 4.69) is 5.32 Å². The van der Waals surface area contributed by atoms with Gasteiger partial charge >= 0.3 is 0 Å². The predicted octanol–water partition coefficient (Wildman–Crippen LogP) is 2.32. The van der Waals surface area contributed by atoms with Crippen LogP contribution in [0.1, 0.15) is 49.9 Å². The van der Waals surface area contributed by atoms with Crippen LogP contribution in [0.25, 0.3) is 0 Å². The second kappa shape index (κ2) is 9.20. The van der Waals surface area contributed by atoms with Crippen LogP contribution in [-0.4, -0.2) is 59.5 Å². The standard InChI is InChI=1S/C22H29N3O4/c1-15(26)19-4-3-5-20(14-19)23-21(28)17-6-8-18(9-7-17)22(29)25-12-10-24(11-13-25)16(2)27/h3-5,14,17-18H,6-13H2,1-2H3,(H,23,28). The first-order valence-corrected chi connectivity index (χ1v) is 10.3. The highest BCUT2D eigenvalue weighted by atomic mass is 16.2. The number of ketones is 1. The lowest BCUT2D eigenvalue weighted by Crippen LogP contribution is -2.51. The molecule has 1 aliphatic carbocycles. The topological polar surface area (TPSA) is 86.8 Å². The molecule has 3 rings (SSSR count). The van der Waals surface area contributed by atoms with Crippen molar-refractivity contribution < 1.29 is 19.2 Å². The lowest BCUT2D eigenvalue weighted by molar-refractivity contribution is -0.142. The molecular weight excluding hydrogens is 370 g/mol. The van der Waals surface area contributed by atoms with Gasteiger partial charge in [-0.15, -0.1) is 0 Å². The summed E-state index contributed by atoms with van der Waals surface area (Å²) >= 11 is 0. The van der Waals surface area contributed by atoms with Crippen LogP contribution in [0.3, 0.4) is 0 Å². The number of hydrogen-bond acceptors (Lipinski definition) is 4. The molecular formula is C22H29N3O4. The van der Waals surface area contributed by atoms with Crippen molar-refractivity contribution >= 4 is 29.2 Å². The van der Waals surface area contributed by atoms with Gasteiger partial charge in [-0.1, -0.05) is 12.1 Å². The molecule has 1 heterocycles. The minimum absolute atomic E-state index is 0.0377. The van der Waals surface area contributed by atoms with E-state index in [-0.39, 0.29) is 35.3 Å². The number of hydrogen-bond donors (Lipinski definition) is 1. The number of benzene rings is 1. The number of nitrogens with one attached hydrogen (secondary N) is 1. The summed E-state index contributed by atoms with van der Waals surface area (Å²) in [6.07, 6.45) is 2.78. The Labute approximate surface area is 171 Å². The van der Waals surface area contributed by atoms with E-state index >= 15 is 0 Å². The molecule has 2 aliphatic rings. The highest BCUT2D eigenvalue weighted by Crippen LogP contribution is 2.31. The van der Waals surface area contributed by atoms with Crippen LogP contribution in [-0.2, 0) is 14.4 Å². The van der Waals surface area contributed by atoms with E-state index in [1.807, 2.05) is 4.90 Å². The number of nitrogens with zero attached hydrogens (tertiary/aromatic N) is 2. The first kappa shape index (κ1) is 21.0. The van der Waals surface area contributed by atoms with Crippen LogP contribution < -0.4 is 5.32 Å². The molecule has 156 valence electrons. The van der Waals surface area contributed by atoms with Gasteiger partial charge < -0.3 is 15.1 Å². The Hall–Kier alpha value is -2.70. The summed E-state index contributed by atoms with van der Waals surface area (Å²) in [7, 11) is 0. The average Bonchev–Trinajstić information content (AvgIpc) is 2.73. The van der Waals surface area contributed by atoms with Crippen molar-refractivity contribution in [1.82, 2.24) is 9.80 Å². The van der Waals surface area contributed by atoms with Crippen LogP contribution >= 0.6 is 0 Å². The molecule has 0 aromatic heterocycles. The maximum atomic E-state index is 12.8. The maximum Gasteiger partial charge on any atom is 0.227 e. The minimum atomic E-state index is -0.116. The van der Waals surface area contributed by atoms with Crippen molar-refractivity contribution in [3.63, 3.8) is 0 Å². The van der Waals surface area contributed by atoms with Crippen molar-refractivity contribution in [2.75, 3.05) is 31.5 Å². The summed E-state index contributed by atoms with van der Waals surface area (Å²) in [5.41, 5.74) is 1.20. The van der Waals surface area contributed by atoms with E-state index in [4.69, 9.17) is 0 Å². The number of piperazine rings is 1. The second-order valence-electron chi connectivity index (χ2n) is 8.01. The molecule has 1 saturated carbocycles. The van der Waals surface area contributed by atoms with Gasteiger partial charge in [-0.25, -0.2) is 0 Å². The Morgan fingerprint density at radius 2 is 1.45 bits per heavy atom. The Morgan fingerprint density at radius 1 is 0.862 bits per heavy atom. The van der Waals surface area contributed by atoms with Gasteiger partial charge in [-0.05, 0) is 44.7 Å². The molecule has 0 atom stereocenters. The Morgan fingerprint density at radius 3 is 2.03 bits per heavy atom. The Balaban J connectivity index is 1.48. The number of carbonyl (C=O) groups excluding carboxylic acids is 4. The molecule has 29 heavy (non-hydrogen) atoms. The van der Waals surface area contributed by atoms with E-state index in [9.17, 15) is 19.2 Å². The molecule has 1 saturated heterocycles. The quantitative estimate of drug-likeness (QED) is 0.788. The first-order chi connectivity index (χ1) is 13.8. The molecule has 1 aromatic carbocycles. The number of anilines is 1. The minimum Gasteiger partial charge on any atom is -0.339 e. The molecule has 0 unspecified atom stereocenters. The molecule has 0 bridgehead atoms. The molecule has 7 heteroatoms. The summed E-state index contributed by atoms with van der Waals surface area (Å²) in [5, 5.41) is 2.91. The zero-order valence-corrected chi connectivity index (χ0v) is 17.1. The Bertz CT molecular complexity index is 791. The first-order valence-electron chi connectivity index (χ1n) is 10.3. The Kier molecular flexibility index (Phi) is 6.67. The number of amides is 3. The van der Waals surface area contributed by atoms with E-state index in [0.717, 1.165) is 0 Å².